The van der Waals surface area contributed by atoms with Crippen molar-refractivity contribution in [1.82, 2.24) is 4.90 Å². The highest BCUT2D eigenvalue weighted by Crippen LogP contribution is 2.15. The van der Waals surface area contributed by atoms with E-state index in [0.717, 1.165) is 12.8 Å². The molecule has 1 amide bonds. The van der Waals surface area contributed by atoms with Gasteiger partial charge in [-0.05, 0) is 19.8 Å². The Kier molecular flexibility index (Phi) is 4.34. The van der Waals surface area contributed by atoms with Crippen molar-refractivity contribution < 1.29 is 9.90 Å². The van der Waals surface area contributed by atoms with Crippen LogP contribution in [0.4, 0.5) is 4.79 Å². The predicted molar refractivity (Wildman–Crippen MR) is 48.7 cm³/mol. The molecule has 0 aliphatic carbocycles. The van der Waals surface area contributed by atoms with E-state index in [1.165, 1.54) is 4.90 Å². The summed E-state index contributed by atoms with van der Waals surface area (Å²) < 4.78 is 0. The molecule has 72 valence electrons. The Bertz CT molecular complexity index is 165. The lowest BCUT2D eigenvalue weighted by molar-refractivity contribution is 0.106. The minimum absolute atomic E-state index is 0. The summed E-state index contributed by atoms with van der Waals surface area (Å²) >= 11 is 0. The molecule has 1 heterocycles. The van der Waals surface area contributed by atoms with Crippen LogP contribution >= 0.6 is 12.4 Å². The number of rotatable bonds is 0. The first-order valence-electron chi connectivity index (χ1n) is 3.86. The largest absolute Gasteiger partial charge is 0.465 e. The van der Waals surface area contributed by atoms with E-state index in [2.05, 4.69) is 0 Å². The Morgan fingerprint density at radius 1 is 1.58 bits per heavy atom. The van der Waals surface area contributed by atoms with Crippen LogP contribution < -0.4 is 5.73 Å². The number of nitrogens with two attached hydrogens (primary N) is 1. The van der Waals surface area contributed by atoms with Gasteiger partial charge in [-0.15, -0.1) is 12.4 Å². The zero-order valence-electron chi connectivity index (χ0n) is 7.06. The van der Waals surface area contributed by atoms with Crippen LogP contribution in [-0.4, -0.2) is 34.7 Å². The van der Waals surface area contributed by atoms with E-state index in [9.17, 15) is 4.79 Å². The highest BCUT2D eigenvalue weighted by molar-refractivity contribution is 5.85. The Hall–Kier alpha value is -0.480. The third kappa shape index (κ3) is 2.53. The summed E-state index contributed by atoms with van der Waals surface area (Å²) in [5.74, 6) is 0. The average molecular weight is 195 g/mol. The number of carboxylic acid groups (broad SMARTS) is 1. The van der Waals surface area contributed by atoms with Gasteiger partial charge in [0.2, 0.25) is 0 Å². The third-order valence-corrected chi connectivity index (χ3v) is 2.16. The maximum atomic E-state index is 10.6. The number of likely N-dealkylation sites (tertiary alicyclic amines) is 1. The lowest BCUT2D eigenvalue weighted by atomic mass is 10.0. The molecule has 2 atom stereocenters. The molecule has 0 aromatic carbocycles. The molecule has 0 saturated carbocycles. The van der Waals surface area contributed by atoms with Crippen molar-refractivity contribution >= 4 is 18.5 Å². The molecular formula is C7H15ClN2O2. The maximum absolute atomic E-state index is 10.6. The molecule has 1 aliphatic rings. The van der Waals surface area contributed by atoms with Crippen molar-refractivity contribution in [3.05, 3.63) is 0 Å². The second kappa shape index (κ2) is 4.52. The lowest BCUT2D eigenvalue weighted by Crippen LogP contribution is -2.49. The van der Waals surface area contributed by atoms with Crippen molar-refractivity contribution in [2.24, 2.45) is 5.73 Å². The Balaban J connectivity index is 0.00000121. The van der Waals surface area contributed by atoms with E-state index < -0.39 is 6.09 Å². The summed E-state index contributed by atoms with van der Waals surface area (Å²) in [7, 11) is 0. The fourth-order valence-corrected chi connectivity index (χ4v) is 1.40. The quantitative estimate of drug-likeness (QED) is 0.602. The lowest BCUT2D eigenvalue weighted by Gasteiger charge is -2.34. The van der Waals surface area contributed by atoms with Crippen molar-refractivity contribution in [1.29, 1.82) is 0 Å². The van der Waals surface area contributed by atoms with Gasteiger partial charge in [-0.1, -0.05) is 0 Å². The predicted octanol–water partition coefficient (Wildman–Crippen LogP) is 0.898. The van der Waals surface area contributed by atoms with Gasteiger partial charge in [0.05, 0.1) is 0 Å². The van der Waals surface area contributed by atoms with Gasteiger partial charge in [-0.3, -0.25) is 0 Å². The first-order chi connectivity index (χ1) is 5.11. The number of halogens is 1. The zero-order valence-corrected chi connectivity index (χ0v) is 7.88. The number of nitrogens with zero attached hydrogens (tertiary/aromatic N) is 1. The minimum atomic E-state index is -0.854. The SMILES string of the molecule is CC1CCC(N)CN1C(=O)O.Cl. The summed E-state index contributed by atoms with van der Waals surface area (Å²) in [4.78, 5) is 12.0. The molecule has 0 radical (unpaired) electrons. The van der Waals surface area contributed by atoms with Crippen LogP contribution in [0.3, 0.4) is 0 Å². The molecule has 1 saturated heterocycles. The van der Waals surface area contributed by atoms with E-state index in [0.29, 0.717) is 6.54 Å². The van der Waals surface area contributed by atoms with Gasteiger partial charge in [0.25, 0.3) is 0 Å². The summed E-state index contributed by atoms with van der Waals surface area (Å²) in [5, 5.41) is 8.70. The molecule has 0 aromatic rings. The molecule has 1 aliphatic heterocycles. The standard InChI is InChI=1S/C7H14N2O2.ClH/c1-5-2-3-6(8)4-9(5)7(10)11;/h5-6H,2-4,8H2,1H3,(H,10,11);1H. The number of carbonyl (C=O) groups is 1. The third-order valence-electron chi connectivity index (χ3n) is 2.16. The molecule has 4 nitrogen and oxygen atoms in total. The monoisotopic (exact) mass is 194 g/mol. The van der Waals surface area contributed by atoms with Crippen molar-refractivity contribution in [2.75, 3.05) is 6.54 Å². The van der Waals surface area contributed by atoms with Gasteiger partial charge >= 0.3 is 6.09 Å². The molecule has 5 heteroatoms. The Morgan fingerprint density at radius 2 is 2.17 bits per heavy atom. The molecule has 0 bridgehead atoms. The molecule has 1 fully saturated rings. The van der Waals surface area contributed by atoms with Crippen LogP contribution in [0.25, 0.3) is 0 Å². The van der Waals surface area contributed by atoms with Crippen molar-refractivity contribution in [3.8, 4) is 0 Å². The maximum Gasteiger partial charge on any atom is 0.407 e. The number of amides is 1. The van der Waals surface area contributed by atoms with Gasteiger partial charge in [0.1, 0.15) is 0 Å². The first kappa shape index (κ1) is 11.5. The van der Waals surface area contributed by atoms with Gasteiger partial charge in [0, 0.05) is 18.6 Å². The topological polar surface area (TPSA) is 66.6 Å². The highest BCUT2D eigenvalue weighted by atomic mass is 35.5. The first-order valence-corrected chi connectivity index (χ1v) is 3.86. The van der Waals surface area contributed by atoms with Crippen molar-refractivity contribution in [2.45, 2.75) is 31.8 Å². The summed E-state index contributed by atoms with van der Waals surface area (Å²) in [5.41, 5.74) is 5.62. The average Bonchev–Trinajstić information content (AvgIpc) is 1.94. The number of hydrogen-bond acceptors (Lipinski definition) is 2. The van der Waals surface area contributed by atoms with Gasteiger partial charge in [-0.25, -0.2) is 4.79 Å². The zero-order chi connectivity index (χ0) is 8.43. The Morgan fingerprint density at radius 3 is 2.58 bits per heavy atom. The fraction of sp³-hybridized carbons (Fsp3) is 0.857. The summed E-state index contributed by atoms with van der Waals surface area (Å²) in [6.45, 7) is 2.40. The van der Waals surface area contributed by atoms with Gasteiger partial charge < -0.3 is 15.7 Å². The van der Waals surface area contributed by atoms with E-state index in [-0.39, 0.29) is 24.5 Å². The van der Waals surface area contributed by atoms with E-state index in [4.69, 9.17) is 10.8 Å². The number of piperidine rings is 1. The molecular weight excluding hydrogens is 180 g/mol. The molecule has 1 rings (SSSR count). The molecule has 0 spiro atoms. The summed E-state index contributed by atoms with van der Waals surface area (Å²) in [6, 6.07) is 0.162. The summed E-state index contributed by atoms with van der Waals surface area (Å²) in [6.07, 6.45) is 0.964. The van der Waals surface area contributed by atoms with Crippen LogP contribution in [-0.2, 0) is 0 Å². The second-order valence-electron chi connectivity index (χ2n) is 3.12. The van der Waals surface area contributed by atoms with E-state index in [1.807, 2.05) is 6.92 Å². The number of hydrogen-bond donors (Lipinski definition) is 2. The van der Waals surface area contributed by atoms with E-state index in [1.54, 1.807) is 0 Å². The van der Waals surface area contributed by atoms with Crippen LogP contribution in [0.2, 0.25) is 0 Å². The normalized spacial score (nSPS) is 29.3. The highest BCUT2D eigenvalue weighted by Gasteiger charge is 2.26. The van der Waals surface area contributed by atoms with Gasteiger partial charge in [-0.2, -0.15) is 0 Å². The van der Waals surface area contributed by atoms with Crippen LogP contribution in [0.5, 0.6) is 0 Å². The molecule has 2 unspecified atom stereocenters. The molecule has 0 aromatic heterocycles. The van der Waals surface area contributed by atoms with Crippen LogP contribution in [0.15, 0.2) is 0 Å². The fourth-order valence-electron chi connectivity index (χ4n) is 1.40. The van der Waals surface area contributed by atoms with Crippen LogP contribution in [0.1, 0.15) is 19.8 Å². The smallest absolute Gasteiger partial charge is 0.407 e. The molecule has 12 heavy (non-hydrogen) atoms. The van der Waals surface area contributed by atoms with Crippen molar-refractivity contribution in [3.63, 3.8) is 0 Å². The molecule has 3 N–H and O–H groups in total. The van der Waals surface area contributed by atoms with Gasteiger partial charge in [0.15, 0.2) is 0 Å². The second-order valence-corrected chi connectivity index (χ2v) is 3.12. The minimum Gasteiger partial charge on any atom is -0.465 e. The van der Waals surface area contributed by atoms with E-state index >= 15 is 0 Å². The Labute approximate surface area is 78.1 Å². The van der Waals surface area contributed by atoms with Crippen LogP contribution in [0, 0.1) is 0 Å².